The Labute approximate surface area is 189 Å². The van der Waals surface area contributed by atoms with E-state index in [2.05, 4.69) is 34.6 Å². The lowest BCUT2D eigenvalue weighted by atomic mass is 9.93. The van der Waals surface area contributed by atoms with E-state index in [-0.39, 0.29) is 12.2 Å². The highest BCUT2D eigenvalue weighted by atomic mass is 16.6. The Morgan fingerprint density at radius 1 is 0.700 bits per heavy atom. The van der Waals surface area contributed by atoms with Gasteiger partial charge in [0.05, 0.1) is 0 Å². The summed E-state index contributed by atoms with van der Waals surface area (Å²) in [5, 5.41) is 0. The fraction of sp³-hybridized carbons (Fsp3) is 0.963. The van der Waals surface area contributed by atoms with E-state index >= 15 is 0 Å². The molecule has 0 rings (SSSR count). The number of ether oxygens (including phenoxy) is 1. The summed E-state index contributed by atoms with van der Waals surface area (Å²) in [6, 6.07) is 0. The van der Waals surface area contributed by atoms with Crippen molar-refractivity contribution in [3.63, 3.8) is 0 Å². The maximum atomic E-state index is 12.9. The molecule has 0 saturated heterocycles. The molecule has 0 aromatic rings. The molecule has 0 N–H and O–H groups in total. The molecule has 2 atom stereocenters. The Morgan fingerprint density at radius 3 is 1.63 bits per heavy atom. The molecule has 0 radical (unpaired) electrons. The molecule has 0 spiro atoms. The summed E-state index contributed by atoms with van der Waals surface area (Å²) in [4.78, 5) is 14.9. The Bertz CT molecular complexity index is 356. The lowest BCUT2D eigenvalue weighted by Crippen LogP contribution is -2.35. The van der Waals surface area contributed by atoms with Crippen LogP contribution < -0.4 is 0 Å². The number of carbonyl (C=O) groups is 1. The van der Waals surface area contributed by atoms with Crippen LogP contribution in [0.2, 0.25) is 0 Å². The van der Waals surface area contributed by atoms with Gasteiger partial charge in [-0.25, -0.2) is 4.79 Å². The van der Waals surface area contributed by atoms with Crippen LogP contribution in [0.3, 0.4) is 0 Å². The first-order valence-electron chi connectivity index (χ1n) is 13.5. The highest BCUT2D eigenvalue weighted by Crippen LogP contribution is 2.20. The number of carbonyl (C=O) groups excluding carboxylic acids is 1. The van der Waals surface area contributed by atoms with E-state index in [1.807, 2.05) is 4.90 Å². The molecular weight excluding hydrogens is 370 g/mol. The van der Waals surface area contributed by atoms with Crippen LogP contribution in [0.15, 0.2) is 0 Å². The average Bonchev–Trinajstić information content (AvgIpc) is 2.74. The van der Waals surface area contributed by atoms with Gasteiger partial charge >= 0.3 is 6.09 Å². The highest BCUT2D eigenvalue weighted by Gasteiger charge is 2.19. The van der Waals surface area contributed by atoms with Crippen LogP contribution in [0.5, 0.6) is 0 Å². The fourth-order valence-corrected chi connectivity index (χ4v) is 4.21. The lowest BCUT2D eigenvalue weighted by Gasteiger charge is -2.26. The Kier molecular flexibility index (Phi) is 21.0. The van der Waals surface area contributed by atoms with Crippen molar-refractivity contribution < 1.29 is 9.53 Å². The van der Waals surface area contributed by atoms with Crippen LogP contribution >= 0.6 is 0 Å². The average molecular weight is 426 g/mol. The van der Waals surface area contributed by atoms with Gasteiger partial charge in [-0.05, 0) is 32.1 Å². The molecule has 0 fully saturated rings. The molecule has 0 aliphatic rings. The minimum absolute atomic E-state index is 0.0240. The monoisotopic (exact) mass is 425 g/mol. The van der Waals surface area contributed by atoms with Crippen molar-refractivity contribution in [2.45, 2.75) is 150 Å². The lowest BCUT2D eigenvalue weighted by molar-refractivity contribution is 0.0571. The Balaban J connectivity index is 4.43. The fourth-order valence-electron chi connectivity index (χ4n) is 4.21. The van der Waals surface area contributed by atoms with Gasteiger partial charge in [0.15, 0.2) is 0 Å². The molecule has 30 heavy (non-hydrogen) atoms. The predicted octanol–water partition coefficient (Wildman–Crippen LogP) is 9.14. The van der Waals surface area contributed by atoms with E-state index in [0.29, 0.717) is 5.92 Å². The summed E-state index contributed by atoms with van der Waals surface area (Å²) >= 11 is 0. The van der Waals surface area contributed by atoms with Gasteiger partial charge in [-0.3, -0.25) is 0 Å². The summed E-state index contributed by atoms with van der Waals surface area (Å²) in [5.74, 6) is 0.679. The summed E-state index contributed by atoms with van der Waals surface area (Å²) in [6.45, 7) is 12.8. The quantitative estimate of drug-likeness (QED) is 0.172. The zero-order valence-corrected chi connectivity index (χ0v) is 21.4. The summed E-state index contributed by atoms with van der Waals surface area (Å²) in [7, 11) is 0. The van der Waals surface area contributed by atoms with Crippen molar-refractivity contribution in [1.82, 2.24) is 4.90 Å². The van der Waals surface area contributed by atoms with Crippen molar-refractivity contribution >= 4 is 6.09 Å². The maximum Gasteiger partial charge on any atom is 0.410 e. The highest BCUT2D eigenvalue weighted by molar-refractivity contribution is 5.67. The predicted molar refractivity (Wildman–Crippen MR) is 132 cm³/mol. The largest absolute Gasteiger partial charge is 0.446 e. The molecule has 0 heterocycles. The van der Waals surface area contributed by atoms with Crippen molar-refractivity contribution in [2.24, 2.45) is 5.92 Å². The van der Waals surface area contributed by atoms with E-state index in [9.17, 15) is 4.79 Å². The SMILES string of the molecule is CCCCCCCCN(CCCCCCCC)C(=O)OC(C)CC(CC)CCCC. The molecule has 180 valence electrons. The van der Waals surface area contributed by atoms with Crippen LogP contribution in [0.25, 0.3) is 0 Å². The van der Waals surface area contributed by atoms with Gasteiger partial charge in [0.25, 0.3) is 0 Å². The van der Waals surface area contributed by atoms with Crippen molar-refractivity contribution in [3.05, 3.63) is 0 Å². The van der Waals surface area contributed by atoms with Gasteiger partial charge in [0, 0.05) is 13.1 Å². The smallest absolute Gasteiger partial charge is 0.410 e. The van der Waals surface area contributed by atoms with Crippen LogP contribution in [0.4, 0.5) is 4.79 Å². The zero-order valence-electron chi connectivity index (χ0n) is 21.4. The van der Waals surface area contributed by atoms with E-state index in [0.717, 1.165) is 32.4 Å². The number of hydrogen-bond donors (Lipinski definition) is 0. The van der Waals surface area contributed by atoms with Crippen LogP contribution in [-0.2, 0) is 4.74 Å². The molecule has 3 nitrogen and oxygen atoms in total. The molecule has 0 aliphatic carbocycles. The van der Waals surface area contributed by atoms with Gasteiger partial charge < -0.3 is 9.64 Å². The van der Waals surface area contributed by atoms with E-state index in [4.69, 9.17) is 4.74 Å². The minimum atomic E-state index is -0.0741. The second-order valence-corrected chi connectivity index (χ2v) is 9.37. The van der Waals surface area contributed by atoms with Crippen molar-refractivity contribution in [1.29, 1.82) is 0 Å². The number of hydrogen-bond acceptors (Lipinski definition) is 2. The summed E-state index contributed by atoms with van der Waals surface area (Å²) in [5.41, 5.74) is 0. The maximum absolute atomic E-state index is 12.9. The molecule has 0 aromatic carbocycles. The third kappa shape index (κ3) is 17.0. The van der Waals surface area contributed by atoms with Crippen molar-refractivity contribution in [2.75, 3.05) is 13.1 Å². The number of unbranched alkanes of at least 4 members (excludes halogenated alkanes) is 11. The van der Waals surface area contributed by atoms with E-state index in [1.165, 1.54) is 89.9 Å². The second-order valence-electron chi connectivity index (χ2n) is 9.37. The first-order chi connectivity index (χ1) is 14.6. The van der Waals surface area contributed by atoms with Crippen molar-refractivity contribution in [3.8, 4) is 0 Å². The molecule has 0 bridgehead atoms. The third-order valence-corrected chi connectivity index (χ3v) is 6.33. The van der Waals surface area contributed by atoms with Crippen LogP contribution in [0, 0.1) is 5.92 Å². The standard InChI is InChI=1S/C27H55NO2/c1-6-10-13-15-17-19-22-28(23-20-18-16-14-11-7-2)27(29)30-25(5)24-26(9-4)21-12-8-3/h25-26H,6-24H2,1-5H3. The van der Waals surface area contributed by atoms with Gasteiger partial charge in [-0.2, -0.15) is 0 Å². The first kappa shape index (κ1) is 29.3. The molecule has 0 aliphatic heterocycles. The molecule has 0 saturated carbocycles. The van der Waals surface area contributed by atoms with Crippen LogP contribution in [0.1, 0.15) is 144 Å². The molecule has 3 heteroatoms. The number of rotatable bonds is 21. The molecule has 2 unspecified atom stereocenters. The van der Waals surface area contributed by atoms with E-state index in [1.54, 1.807) is 0 Å². The molecule has 1 amide bonds. The molecule has 0 aromatic heterocycles. The van der Waals surface area contributed by atoms with Gasteiger partial charge in [-0.1, -0.05) is 118 Å². The van der Waals surface area contributed by atoms with Crippen LogP contribution in [-0.4, -0.2) is 30.2 Å². The zero-order chi connectivity index (χ0) is 22.5. The van der Waals surface area contributed by atoms with Gasteiger partial charge in [0.2, 0.25) is 0 Å². The minimum Gasteiger partial charge on any atom is -0.446 e. The molecular formula is C27H55NO2. The number of amides is 1. The Morgan fingerprint density at radius 2 is 1.17 bits per heavy atom. The third-order valence-electron chi connectivity index (χ3n) is 6.33. The topological polar surface area (TPSA) is 29.5 Å². The first-order valence-corrected chi connectivity index (χ1v) is 13.5. The normalized spacial score (nSPS) is 13.2. The van der Waals surface area contributed by atoms with Gasteiger partial charge in [0.1, 0.15) is 6.10 Å². The van der Waals surface area contributed by atoms with Gasteiger partial charge in [-0.15, -0.1) is 0 Å². The summed E-state index contributed by atoms with van der Waals surface area (Å²) < 4.78 is 5.90. The second kappa shape index (κ2) is 21.5. The Hall–Kier alpha value is -0.730. The summed E-state index contributed by atoms with van der Waals surface area (Å²) in [6.07, 6.45) is 21.0. The number of nitrogens with zero attached hydrogens (tertiary/aromatic N) is 1. The van der Waals surface area contributed by atoms with E-state index < -0.39 is 0 Å².